The van der Waals surface area contributed by atoms with Crippen molar-refractivity contribution in [3.8, 4) is 0 Å². The molecule has 0 unspecified atom stereocenters. The van der Waals surface area contributed by atoms with Gasteiger partial charge in [0.2, 0.25) is 15.9 Å². The summed E-state index contributed by atoms with van der Waals surface area (Å²) in [7, 11) is -3.45. The second kappa shape index (κ2) is 9.64. The fourth-order valence-electron chi connectivity index (χ4n) is 3.99. The number of benzene rings is 2. The van der Waals surface area contributed by atoms with Crippen LogP contribution in [0.1, 0.15) is 24.0 Å². The first-order valence-corrected chi connectivity index (χ1v) is 12.4. The number of hydrogen-bond donors (Lipinski definition) is 0. The van der Waals surface area contributed by atoms with Crippen molar-refractivity contribution in [3.05, 3.63) is 71.3 Å². The third-order valence-corrected chi connectivity index (χ3v) is 7.82. The predicted molar refractivity (Wildman–Crippen MR) is 117 cm³/mol. The molecular formula is C23H27F2N3O3S. The van der Waals surface area contributed by atoms with Gasteiger partial charge in [0.25, 0.3) is 0 Å². The molecule has 1 aliphatic carbocycles. The van der Waals surface area contributed by atoms with E-state index in [0.29, 0.717) is 18.7 Å². The number of hydrogen-bond acceptors (Lipinski definition) is 4. The molecule has 32 heavy (non-hydrogen) atoms. The average molecular weight is 464 g/mol. The third kappa shape index (κ3) is 5.70. The number of carbonyl (C=O) groups excluding carboxylic acids is 1. The molecule has 2 aromatic carbocycles. The number of amides is 1. The van der Waals surface area contributed by atoms with Gasteiger partial charge in [0.15, 0.2) is 0 Å². The molecule has 2 aliphatic rings. The van der Waals surface area contributed by atoms with E-state index in [2.05, 4.69) is 0 Å². The van der Waals surface area contributed by atoms with Crippen LogP contribution in [-0.2, 0) is 27.1 Å². The molecule has 0 N–H and O–H groups in total. The Kier molecular flexibility index (Phi) is 6.88. The zero-order valence-electron chi connectivity index (χ0n) is 17.8. The topological polar surface area (TPSA) is 60.9 Å². The van der Waals surface area contributed by atoms with Crippen LogP contribution >= 0.6 is 0 Å². The van der Waals surface area contributed by atoms with E-state index in [0.717, 1.165) is 24.5 Å². The lowest BCUT2D eigenvalue weighted by Crippen LogP contribution is -2.52. The van der Waals surface area contributed by atoms with E-state index in [4.69, 9.17) is 0 Å². The molecule has 0 atom stereocenters. The predicted octanol–water partition coefficient (Wildman–Crippen LogP) is 2.60. The normalized spacial score (nSPS) is 17.7. The molecule has 1 amide bonds. The van der Waals surface area contributed by atoms with Crippen LogP contribution in [0.3, 0.4) is 0 Å². The van der Waals surface area contributed by atoms with E-state index in [9.17, 15) is 22.0 Å². The van der Waals surface area contributed by atoms with Crippen molar-refractivity contribution >= 4 is 15.9 Å². The van der Waals surface area contributed by atoms with Gasteiger partial charge in [-0.2, -0.15) is 4.31 Å². The first-order chi connectivity index (χ1) is 15.3. The summed E-state index contributed by atoms with van der Waals surface area (Å²) in [5, 5.41) is 0. The van der Waals surface area contributed by atoms with Crippen molar-refractivity contribution in [3.63, 3.8) is 0 Å². The highest BCUT2D eigenvalue weighted by Crippen LogP contribution is 2.29. The molecule has 0 aromatic heterocycles. The van der Waals surface area contributed by atoms with Crippen LogP contribution in [0.4, 0.5) is 8.78 Å². The van der Waals surface area contributed by atoms with Crippen LogP contribution in [0.2, 0.25) is 0 Å². The Morgan fingerprint density at radius 2 is 1.69 bits per heavy atom. The van der Waals surface area contributed by atoms with Crippen LogP contribution in [0.5, 0.6) is 0 Å². The number of nitrogens with zero attached hydrogens (tertiary/aromatic N) is 3. The zero-order valence-corrected chi connectivity index (χ0v) is 18.6. The van der Waals surface area contributed by atoms with Crippen LogP contribution in [0.15, 0.2) is 48.5 Å². The average Bonchev–Trinajstić information content (AvgIpc) is 3.61. The molecule has 0 spiro atoms. The van der Waals surface area contributed by atoms with Crippen molar-refractivity contribution < 1.29 is 22.0 Å². The molecule has 172 valence electrons. The van der Waals surface area contributed by atoms with Gasteiger partial charge in [-0.05, 0) is 24.5 Å². The highest BCUT2D eigenvalue weighted by Gasteiger charge is 2.34. The van der Waals surface area contributed by atoms with E-state index >= 15 is 0 Å². The molecule has 6 nitrogen and oxygen atoms in total. The SMILES string of the molecule is O=C(CN(Cc1ccc(F)cc1F)C1CC1)N1CCN(S(=O)(=O)Cc2ccccc2)CC1. The quantitative estimate of drug-likeness (QED) is 0.604. The summed E-state index contributed by atoms with van der Waals surface area (Å²) in [6.07, 6.45) is 1.89. The monoisotopic (exact) mass is 463 g/mol. The summed E-state index contributed by atoms with van der Waals surface area (Å²) >= 11 is 0. The second-order valence-electron chi connectivity index (χ2n) is 8.39. The zero-order chi connectivity index (χ0) is 22.7. The molecule has 2 aromatic rings. The minimum atomic E-state index is -3.45. The molecule has 1 heterocycles. The van der Waals surface area contributed by atoms with Crippen molar-refractivity contribution in [2.45, 2.75) is 31.2 Å². The smallest absolute Gasteiger partial charge is 0.236 e. The molecule has 1 saturated heterocycles. The minimum Gasteiger partial charge on any atom is -0.339 e. The van der Waals surface area contributed by atoms with Gasteiger partial charge in [0.1, 0.15) is 11.6 Å². The molecule has 1 saturated carbocycles. The minimum absolute atomic E-state index is 0.0551. The van der Waals surface area contributed by atoms with Crippen molar-refractivity contribution in [2.24, 2.45) is 0 Å². The van der Waals surface area contributed by atoms with Gasteiger partial charge in [0, 0.05) is 50.4 Å². The molecular weight excluding hydrogens is 436 g/mol. The van der Waals surface area contributed by atoms with Crippen molar-refractivity contribution in [1.29, 1.82) is 0 Å². The van der Waals surface area contributed by atoms with Crippen LogP contribution in [-0.4, -0.2) is 67.2 Å². The number of halogens is 2. The lowest BCUT2D eigenvalue weighted by molar-refractivity contribution is -0.133. The van der Waals surface area contributed by atoms with Crippen LogP contribution in [0, 0.1) is 11.6 Å². The summed E-state index contributed by atoms with van der Waals surface area (Å²) in [6, 6.07) is 12.8. The van der Waals surface area contributed by atoms with Gasteiger partial charge in [-0.3, -0.25) is 9.69 Å². The Balaban J connectivity index is 1.32. The molecule has 4 rings (SSSR count). The first-order valence-electron chi connectivity index (χ1n) is 10.8. The standard InChI is InChI=1S/C23H27F2N3O3S/c24-20-7-6-19(22(25)14-20)15-27(21-8-9-21)16-23(29)26-10-12-28(13-11-26)32(30,31)17-18-4-2-1-3-5-18/h1-7,14,21H,8-13,15-17H2. The number of piperazine rings is 1. The maximum absolute atomic E-state index is 14.1. The van der Waals surface area contributed by atoms with E-state index in [1.165, 1.54) is 16.4 Å². The maximum atomic E-state index is 14.1. The first kappa shape index (κ1) is 22.8. The van der Waals surface area contributed by atoms with E-state index in [-0.39, 0.29) is 43.9 Å². The van der Waals surface area contributed by atoms with Gasteiger partial charge in [-0.25, -0.2) is 17.2 Å². The largest absolute Gasteiger partial charge is 0.339 e. The summed E-state index contributed by atoms with van der Waals surface area (Å²) in [5.41, 5.74) is 1.10. The molecule has 2 fully saturated rings. The van der Waals surface area contributed by atoms with E-state index < -0.39 is 21.7 Å². The van der Waals surface area contributed by atoms with Gasteiger partial charge < -0.3 is 4.90 Å². The Bertz CT molecular complexity index is 1050. The fraction of sp³-hybridized carbons (Fsp3) is 0.435. The summed E-state index contributed by atoms with van der Waals surface area (Å²) in [4.78, 5) is 16.5. The summed E-state index contributed by atoms with van der Waals surface area (Å²) in [6.45, 7) is 1.56. The highest BCUT2D eigenvalue weighted by atomic mass is 32.2. The fourth-order valence-corrected chi connectivity index (χ4v) is 5.50. The van der Waals surface area contributed by atoms with Gasteiger partial charge >= 0.3 is 0 Å². The van der Waals surface area contributed by atoms with Crippen LogP contribution in [0.25, 0.3) is 0 Å². The van der Waals surface area contributed by atoms with Crippen molar-refractivity contribution in [2.75, 3.05) is 32.7 Å². The van der Waals surface area contributed by atoms with Crippen LogP contribution < -0.4 is 0 Å². The Morgan fingerprint density at radius 3 is 2.31 bits per heavy atom. The highest BCUT2D eigenvalue weighted by molar-refractivity contribution is 7.88. The second-order valence-corrected chi connectivity index (χ2v) is 10.4. The molecule has 0 bridgehead atoms. The lowest BCUT2D eigenvalue weighted by atomic mass is 10.2. The summed E-state index contributed by atoms with van der Waals surface area (Å²) in [5.74, 6) is -1.39. The van der Waals surface area contributed by atoms with Gasteiger partial charge in [-0.15, -0.1) is 0 Å². The third-order valence-electron chi connectivity index (χ3n) is 5.97. The number of carbonyl (C=O) groups is 1. The van der Waals surface area contributed by atoms with E-state index in [1.54, 1.807) is 17.0 Å². The molecule has 0 radical (unpaired) electrons. The number of sulfonamides is 1. The van der Waals surface area contributed by atoms with Crippen molar-refractivity contribution in [1.82, 2.24) is 14.1 Å². The lowest BCUT2D eigenvalue weighted by Gasteiger charge is -2.35. The molecule has 9 heteroatoms. The Hall–Kier alpha value is -2.36. The Morgan fingerprint density at radius 1 is 1.00 bits per heavy atom. The van der Waals surface area contributed by atoms with E-state index in [1.807, 2.05) is 23.1 Å². The maximum Gasteiger partial charge on any atom is 0.236 e. The molecule has 1 aliphatic heterocycles. The van der Waals surface area contributed by atoms with Gasteiger partial charge in [0.05, 0.1) is 12.3 Å². The summed E-state index contributed by atoms with van der Waals surface area (Å²) < 4.78 is 54.1. The Labute approximate surface area is 187 Å². The van der Waals surface area contributed by atoms with Gasteiger partial charge in [-0.1, -0.05) is 36.4 Å². The number of rotatable bonds is 8.